The molecule has 5 nitrogen and oxygen atoms in total. The van der Waals surface area contributed by atoms with Gasteiger partial charge in [-0.1, -0.05) is 81.4 Å². The molecule has 1 aromatic heterocycles. The summed E-state index contributed by atoms with van der Waals surface area (Å²) in [7, 11) is -2.50. The molecule has 0 saturated carbocycles. The number of aryl methyl sites for hydroxylation is 1. The smallest absolute Gasteiger partial charge is 0.358 e. The largest absolute Gasteiger partial charge is 0.461 e. The molecule has 0 atom stereocenters. The summed E-state index contributed by atoms with van der Waals surface area (Å²) >= 11 is 3.44. The number of halogens is 1. The zero-order valence-electron chi connectivity index (χ0n) is 19.9. The number of benzene rings is 2. The number of esters is 1. The molecule has 176 valence electrons. The van der Waals surface area contributed by atoms with Gasteiger partial charge in [-0.25, -0.2) is 9.78 Å². The van der Waals surface area contributed by atoms with Crippen LogP contribution in [-0.4, -0.2) is 37.1 Å². The third-order valence-corrected chi connectivity index (χ3v) is 11.4. The molecule has 0 bridgehead atoms. The molecule has 33 heavy (non-hydrogen) atoms. The second kappa shape index (κ2) is 11.3. The van der Waals surface area contributed by atoms with E-state index in [9.17, 15) is 4.79 Å². The standard InChI is InChI=1S/C26H33BrN2O3Si/c1-5-31-24(30)23-20-29(25(27)28-23)18-12-13-19-32-33(26(2,3)4,21-14-8-6-9-15-21)22-16-10-7-11-17-22/h6-11,14-17,20H,5,12-13,18-19H2,1-4H3. The number of rotatable bonds is 10. The second-order valence-corrected chi connectivity index (χ2v) is 14.0. The SMILES string of the molecule is CCOC(=O)c1cn(CCCCO[Si](c2ccccc2)(c2ccccc2)C(C)(C)C)c(Br)n1. The number of carbonyl (C=O) groups excluding carboxylic acids is 1. The lowest BCUT2D eigenvalue weighted by Crippen LogP contribution is -2.66. The molecule has 0 radical (unpaired) electrons. The first-order chi connectivity index (χ1) is 15.8. The number of imidazole rings is 1. The van der Waals surface area contributed by atoms with Crippen molar-refractivity contribution in [2.45, 2.75) is 52.1 Å². The summed E-state index contributed by atoms with van der Waals surface area (Å²) in [5.74, 6) is -0.396. The Kier molecular flexibility index (Phi) is 8.67. The van der Waals surface area contributed by atoms with Crippen molar-refractivity contribution in [3.8, 4) is 0 Å². The Bertz CT molecular complexity index is 993. The van der Waals surface area contributed by atoms with Crippen molar-refractivity contribution < 1.29 is 14.0 Å². The maximum atomic E-state index is 11.9. The Morgan fingerprint density at radius 3 is 2.09 bits per heavy atom. The fourth-order valence-electron chi connectivity index (χ4n) is 4.22. The van der Waals surface area contributed by atoms with Crippen LogP contribution in [0.15, 0.2) is 71.6 Å². The fourth-order valence-corrected chi connectivity index (χ4v) is 9.30. The number of carbonyl (C=O) groups is 1. The fraction of sp³-hybridized carbons (Fsp3) is 0.385. The van der Waals surface area contributed by atoms with Gasteiger partial charge in [0.15, 0.2) is 10.4 Å². The van der Waals surface area contributed by atoms with E-state index in [4.69, 9.17) is 9.16 Å². The van der Waals surface area contributed by atoms with Gasteiger partial charge in [0.05, 0.1) is 6.61 Å². The highest BCUT2D eigenvalue weighted by molar-refractivity contribution is 9.10. The molecule has 3 aromatic rings. The normalized spacial score (nSPS) is 12.0. The first-order valence-electron chi connectivity index (χ1n) is 11.4. The average Bonchev–Trinajstić information content (AvgIpc) is 3.17. The van der Waals surface area contributed by atoms with Gasteiger partial charge in [0.25, 0.3) is 8.32 Å². The van der Waals surface area contributed by atoms with Gasteiger partial charge in [-0.05, 0) is 51.1 Å². The molecule has 0 unspecified atom stereocenters. The zero-order valence-corrected chi connectivity index (χ0v) is 22.5. The monoisotopic (exact) mass is 528 g/mol. The van der Waals surface area contributed by atoms with Gasteiger partial charge in [0, 0.05) is 19.3 Å². The minimum Gasteiger partial charge on any atom is -0.461 e. The summed E-state index contributed by atoms with van der Waals surface area (Å²) in [5, 5.41) is 2.55. The molecular formula is C26H33BrN2O3Si. The van der Waals surface area contributed by atoms with Crippen LogP contribution >= 0.6 is 15.9 Å². The van der Waals surface area contributed by atoms with Gasteiger partial charge >= 0.3 is 5.97 Å². The maximum Gasteiger partial charge on any atom is 0.358 e. The van der Waals surface area contributed by atoms with E-state index in [1.165, 1.54) is 10.4 Å². The number of hydrogen-bond donors (Lipinski definition) is 0. The highest BCUT2D eigenvalue weighted by atomic mass is 79.9. The van der Waals surface area contributed by atoms with E-state index >= 15 is 0 Å². The van der Waals surface area contributed by atoms with Crippen LogP contribution < -0.4 is 10.4 Å². The summed E-state index contributed by atoms with van der Waals surface area (Å²) < 4.78 is 14.6. The molecule has 0 aliphatic carbocycles. The van der Waals surface area contributed by atoms with Crippen LogP contribution in [0.3, 0.4) is 0 Å². The first-order valence-corrected chi connectivity index (χ1v) is 14.1. The van der Waals surface area contributed by atoms with E-state index in [1.54, 1.807) is 13.1 Å². The van der Waals surface area contributed by atoms with Crippen LogP contribution in [0.1, 0.15) is 51.0 Å². The lowest BCUT2D eigenvalue weighted by Gasteiger charge is -2.43. The van der Waals surface area contributed by atoms with Crippen LogP contribution in [0.4, 0.5) is 0 Å². The van der Waals surface area contributed by atoms with Crippen molar-refractivity contribution >= 4 is 40.6 Å². The first kappa shape index (κ1) is 25.4. The number of nitrogens with zero attached hydrogens (tertiary/aromatic N) is 2. The Morgan fingerprint density at radius 2 is 1.58 bits per heavy atom. The van der Waals surface area contributed by atoms with Gasteiger partial charge < -0.3 is 13.7 Å². The molecule has 0 saturated heterocycles. The average molecular weight is 530 g/mol. The molecule has 0 fully saturated rings. The summed E-state index contributed by atoms with van der Waals surface area (Å²) in [5.41, 5.74) is 0.326. The Hall–Kier alpha value is -2.22. The molecule has 7 heteroatoms. The Morgan fingerprint density at radius 1 is 1.00 bits per heavy atom. The Balaban J connectivity index is 1.72. The molecule has 0 spiro atoms. The third kappa shape index (κ3) is 5.83. The van der Waals surface area contributed by atoms with Gasteiger partial charge in [-0.2, -0.15) is 0 Å². The minimum absolute atomic E-state index is 0.0301. The second-order valence-electron chi connectivity index (χ2n) is 9.03. The van der Waals surface area contributed by atoms with E-state index in [0.717, 1.165) is 19.4 Å². The summed E-state index contributed by atoms with van der Waals surface area (Å²) in [6.45, 7) is 10.4. The maximum absolute atomic E-state index is 11.9. The van der Waals surface area contributed by atoms with Crippen LogP contribution in [0, 0.1) is 0 Å². The van der Waals surface area contributed by atoms with E-state index < -0.39 is 14.3 Å². The molecule has 0 N–H and O–H groups in total. The van der Waals surface area contributed by atoms with Gasteiger partial charge in [-0.3, -0.25) is 0 Å². The minimum atomic E-state index is -2.50. The van der Waals surface area contributed by atoms with Crippen LogP contribution in [-0.2, 0) is 15.7 Å². The molecule has 2 aromatic carbocycles. The lowest BCUT2D eigenvalue weighted by atomic mass is 10.2. The number of aromatic nitrogens is 2. The molecule has 0 aliphatic heterocycles. The van der Waals surface area contributed by atoms with Crippen molar-refractivity contribution in [2.24, 2.45) is 0 Å². The highest BCUT2D eigenvalue weighted by Gasteiger charge is 2.49. The summed E-state index contributed by atoms with van der Waals surface area (Å²) in [6.07, 6.45) is 3.56. The molecular weight excluding hydrogens is 496 g/mol. The number of unbranched alkanes of at least 4 members (excludes halogenated alkanes) is 1. The van der Waals surface area contributed by atoms with Crippen molar-refractivity contribution in [3.05, 3.63) is 77.3 Å². The highest BCUT2D eigenvalue weighted by Crippen LogP contribution is 2.36. The van der Waals surface area contributed by atoms with Crippen molar-refractivity contribution in [1.82, 2.24) is 9.55 Å². The van der Waals surface area contributed by atoms with Crippen LogP contribution in [0.2, 0.25) is 5.04 Å². The van der Waals surface area contributed by atoms with E-state index in [1.807, 2.05) is 4.57 Å². The number of hydrogen-bond acceptors (Lipinski definition) is 4. The topological polar surface area (TPSA) is 53.4 Å². The van der Waals surface area contributed by atoms with Crippen molar-refractivity contribution in [3.63, 3.8) is 0 Å². The van der Waals surface area contributed by atoms with E-state index in [0.29, 0.717) is 23.6 Å². The molecule has 0 amide bonds. The van der Waals surface area contributed by atoms with Gasteiger partial charge in [0.1, 0.15) is 0 Å². The van der Waals surface area contributed by atoms with Crippen LogP contribution in [0.5, 0.6) is 0 Å². The van der Waals surface area contributed by atoms with Crippen LogP contribution in [0.25, 0.3) is 0 Å². The summed E-state index contributed by atoms with van der Waals surface area (Å²) in [6, 6.07) is 21.4. The van der Waals surface area contributed by atoms with Gasteiger partial charge in [0.2, 0.25) is 0 Å². The van der Waals surface area contributed by atoms with E-state index in [-0.39, 0.29) is 5.04 Å². The quantitative estimate of drug-likeness (QED) is 0.206. The zero-order chi connectivity index (χ0) is 23.9. The van der Waals surface area contributed by atoms with E-state index in [2.05, 4.69) is 102 Å². The molecule has 1 heterocycles. The third-order valence-electron chi connectivity index (χ3n) is 5.74. The molecule has 0 aliphatic rings. The molecule has 3 rings (SSSR count). The lowest BCUT2D eigenvalue weighted by molar-refractivity contribution is 0.0520. The summed E-state index contributed by atoms with van der Waals surface area (Å²) in [4.78, 5) is 16.2. The predicted molar refractivity (Wildman–Crippen MR) is 139 cm³/mol. The number of ether oxygens (including phenoxy) is 1. The van der Waals surface area contributed by atoms with Crippen molar-refractivity contribution in [1.29, 1.82) is 0 Å². The van der Waals surface area contributed by atoms with Crippen molar-refractivity contribution in [2.75, 3.05) is 13.2 Å². The Labute approximate surface area is 206 Å². The predicted octanol–water partition coefficient (Wildman–Crippen LogP) is 5.18. The van der Waals surface area contributed by atoms with Gasteiger partial charge in [-0.15, -0.1) is 0 Å².